The number of para-hydroxylation sites is 1. The monoisotopic (exact) mass is 804 g/mol. The number of fused-ring (bicyclic) bond motifs is 2. The molecule has 2 saturated heterocycles. The van der Waals surface area contributed by atoms with Gasteiger partial charge in [0.15, 0.2) is 5.65 Å². The molecule has 2 atom stereocenters. The Hall–Kier alpha value is -6.16. The van der Waals surface area contributed by atoms with Crippen LogP contribution in [0.5, 0.6) is 11.5 Å². The van der Waals surface area contributed by atoms with Crippen LogP contribution in [0.2, 0.25) is 0 Å². The zero-order chi connectivity index (χ0) is 40.3. The molecule has 14 nitrogen and oxygen atoms in total. The summed E-state index contributed by atoms with van der Waals surface area (Å²) >= 11 is 1.38. The molecule has 0 bridgehead atoms. The lowest BCUT2D eigenvalue weighted by atomic mass is 10.0. The molecule has 2 fully saturated rings. The number of imide groups is 2. The number of aromatic nitrogens is 4. The Morgan fingerprint density at radius 2 is 1.71 bits per heavy atom. The number of amides is 5. The number of likely N-dealkylation sites (tertiary alicyclic amines) is 1. The van der Waals surface area contributed by atoms with Crippen molar-refractivity contribution in [3.05, 3.63) is 90.0 Å². The summed E-state index contributed by atoms with van der Waals surface area (Å²) < 4.78 is 23.0. The Labute approximate surface area is 337 Å². The molecule has 16 heteroatoms. The molecular weight excluding hydrogens is 764 g/mol. The molecule has 8 rings (SSSR count). The number of thioether (sulfide) groups is 1. The van der Waals surface area contributed by atoms with Crippen LogP contribution in [0.15, 0.2) is 78.0 Å². The molecule has 5 heterocycles. The fraction of sp³-hybridized carbons (Fsp3) is 0.333. The third-order valence-electron chi connectivity index (χ3n) is 10.7. The number of nitrogens with two attached hydrogens (primary N) is 1. The Morgan fingerprint density at radius 3 is 2.50 bits per heavy atom. The third-order valence-corrected chi connectivity index (χ3v) is 11.8. The molecule has 2 unspecified atom stereocenters. The summed E-state index contributed by atoms with van der Waals surface area (Å²) in [7, 11) is 0. The van der Waals surface area contributed by atoms with Crippen LogP contribution < -0.4 is 15.8 Å². The second kappa shape index (κ2) is 16.7. The molecule has 3 aliphatic rings. The molecule has 0 spiro atoms. The minimum Gasteiger partial charge on any atom is -0.457 e. The van der Waals surface area contributed by atoms with Crippen LogP contribution in [0, 0.1) is 5.82 Å². The lowest BCUT2D eigenvalue weighted by Crippen LogP contribution is -2.54. The van der Waals surface area contributed by atoms with E-state index in [0.29, 0.717) is 58.5 Å². The number of carbonyl (C=O) groups is 5. The standard InChI is InChI=1S/C42H41FN8O6S/c43-31-22-29(21-30-35(31)42(56)50(41(30)55)32-17-18-33(52)47-40(32)54)58-20-7-2-1-6-12-34(53)49-19-8-9-26(23-49)51-39-36(38(44)45-24-46-39)37(48-51)25-13-15-28(16-14-25)57-27-10-4-3-5-11-27/h3-5,10-11,13-16,21-22,24,26,32H,1-2,6-9,12,17-20,23H2,(H2,44,45,46)(H,47,52,54). The molecule has 3 N–H and O–H groups in total. The van der Waals surface area contributed by atoms with Crippen molar-refractivity contribution in [3.63, 3.8) is 0 Å². The smallest absolute Gasteiger partial charge is 0.265 e. The van der Waals surface area contributed by atoms with Gasteiger partial charge in [-0.15, -0.1) is 11.8 Å². The van der Waals surface area contributed by atoms with Crippen LogP contribution in [0.4, 0.5) is 10.2 Å². The van der Waals surface area contributed by atoms with Gasteiger partial charge in [0.1, 0.15) is 41.2 Å². The summed E-state index contributed by atoms with van der Waals surface area (Å²) in [5.41, 5.74) is 8.11. The van der Waals surface area contributed by atoms with Gasteiger partial charge in [0.25, 0.3) is 11.8 Å². The molecule has 298 valence electrons. The summed E-state index contributed by atoms with van der Waals surface area (Å²) in [4.78, 5) is 75.4. The number of rotatable bonds is 13. The predicted molar refractivity (Wildman–Crippen MR) is 213 cm³/mol. The van der Waals surface area contributed by atoms with Crippen molar-refractivity contribution in [1.82, 2.24) is 34.9 Å². The van der Waals surface area contributed by atoms with E-state index >= 15 is 4.39 Å². The fourth-order valence-electron chi connectivity index (χ4n) is 7.82. The SMILES string of the molecule is Nc1ncnc2c1c(-c1ccc(Oc3ccccc3)cc1)nn2C1CCCN(C(=O)CCCCCCSc2cc(F)c3c(c2)C(=O)N(C2CCC(=O)NC2=O)C3=O)C1. The molecule has 3 aromatic carbocycles. The van der Waals surface area contributed by atoms with Gasteiger partial charge in [-0.3, -0.25) is 34.2 Å². The number of hydrogen-bond acceptors (Lipinski definition) is 11. The van der Waals surface area contributed by atoms with E-state index in [9.17, 15) is 24.0 Å². The van der Waals surface area contributed by atoms with E-state index in [1.54, 1.807) is 0 Å². The Balaban J connectivity index is 0.822. The molecule has 5 amide bonds. The van der Waals surface area contributed by atoms with Crippen molar-refractivity contribution in [1.29, 1.82) is 0 Å². The summed E-state index contributed by atoms with van der Waals surface area (Å²) in [5.74, 6) is -1.12. The van der Waals surface area contributed by atoms with Gasteiger partial charge in [0, 0.05) is 36.4 Å². The van der Waals surface area contributed by atoms with E-state index < -0.39 is 35.5 Å². The highest BCUT2D eigenvalue weighted by Crippen LogP contribution is 2.36. The molecule has 0 aliphatic carbocycles. The molecule has 5 aromatic rings. The molecule has 58 heavy (non-hydrogen) atoms. The topological polar surface area (TPSA) is 183 Å². The minimum absolute atomic E-state index is 0.00217. The van der Waals surface area contributed by atoms with Crippen molar-refractivity contribution >= 4 is 58.1 Å². The van der Waals surface area contributed by atoms with Gasteiger partial charge in [-0.25, -0.2) is 19.0 Å². The second-order valence-electron chi connectivity index (χ2n) is 14.6. The van der Waals surface area contributed by atoms with Gasteiger partial charge < -0.3 is 15.4 Å². The summed E-state index contributed by atoms with van der Waals surface area (Å²) in [5, 5.41) is 7.82. The number of nitrogens with one attached hydrogen (secondary N) is 1. The predicted octanol–water partition coefficient (Wildman–Crippen LogP) is 6.31. The first-order valence-corrected chi connectivity index (χ1v) is 20.4. The third kappa shape index (κ3) is 7.88. The van der Waals surface area contributed by atoms with Crippen LogP contribution in [0.1, 0.15) is 84.5 Å². The van der Waals surface area contributed by atoms with Gasteiger partial charge in [-0.2, -0.15) is 5.10 Å². The lowest BCUT2D eigenvalue weighted by Gasteiger charge is -2.33. The number of halogens is 1. The highest BCUT2D eigenvalue weighted by molar-refractivity contribution is 7.99. The zero-order valence-corrected chi connectivity index (χ0v) is 32.4. The number of piperidine rings is 2. The maximum atomic E-state index is 15.1. The summed E-state index contributed by atoms with van der Waals surface area (Å²) in [6, 6.07) is 18.7. The van der Waals surface area contributed by atoms with Gasteiger partial charge in [0.05, 0.1) is 22.6 Å². The number of carbonyl (C=O) groups excluding carboxylic acids is 5. The molecule has 0 saturated carbocycles. The summed E-state index contributed by atoms with van der Waals surface area (Å²) in [6.45, 7) is 1.19. The normalized spacial score (nSPS) is 18.2. The van der Waals surface area contributed by atoms with E-state index in [1.165, 1.54) is 30.2 Å². The minimum atomic E-state index is -1.15. The maximum Gasteiger partial charge on any atom is 0.265 e. The Morgan fingerprint density at radius 1 is 0.931 bits per heavy atom. The first-order chi connectivity index (χ1) is 28.2. The van der Waals surface area contributed by atoms with Crippen LogP contribution in [0.3, 0.4) is 0 Å². The Kier molecular flexibility index (Phi) is 11.2. The maximum absolute atomic E-state index is 15.1. The zero-order valence-electron chi connectivity index (χ0n) is 31.6. The highest BCUT2D eigenvalue weighted by atomic mass is 32.2. The average Bonchev–Trinajstić information content (AvgIpc) is 3.74. The number of benzene rings is 3. The van der Waals surface area contributed by atoms with Crippen LogP contribution in [-0.2, 0) is 14.4 Å². The average molecular weight is 805 g/mol. The van der Waals surface area contributed by atoms with Crippen LogP contribution in [0.25, 0.3) is 22.3 Å². The lowest BCUT2D eigenvalue weighted by molar-refractivity contribution is -0.136. The van der Waals surface area contributed by atoms with Gasteiger partial charge in [-0.05, 0) is 86.4 Å². The van der Waals surface area contributed by atoms with E-state index in [-0.39, 0.29) is 35.9 Å². The molecule has 3 aliphatic heterocycles. The summed E-state index contributed by atoms with van der Waals surface area (Å²) in [6.07, 6.45) is 6.75. The van der Waals surface area contributed by atoms with Crippen LogP contribution in [-0.4, -0.2) is 84.0 Å². The molecule has 0 radical (unpaired) electrons. The van der Waals surface area contributed by atoms with E-state index in [1.807, 2.05) is 64.2 Å². The van der Waals surface area contributed by atoms with E-state index in [0.717, 1.165) is 54.7 Å². The van der Waals surface area contributed by atoms with Gasteiger partial charge in [0.2, 0.25) is 17.7 Å². The quantitative estimate of drug-likeness (QED) is 0.0773. The van der Waals surface area contributed by atoms with E-state index in [2.05, 4.69) is 15.3 Å². The van der Waals surface area contributed by atoms with Crippen molar-refractivity contribution in [2.24, 2.45) is 0 Å². The number of anilines is 1. The number of nitrogen functional groups attached to an aromatic ring is 1. The molecular formula is C42H41FN8O6S. The van der Waals surface area contributed by atoms with Crippen LogP contribution >= 0.6 is 11.8 Å². The van der Waals surface area contributed by atoms with Gasteiger partial charge >= 0.3 is 0 Å². The van der Waals surface area contributed by atoms with Gasteiger partial charge in [-0.1, -0.05) is 31.0 Å². The largest absolute Gasteiger partial charge is 0.457 e. The van der Waals surface area contributed by atoms with E-state index in [4.69, 9.17) is 15.6 Å². The number of nitrogens with zero attached hydrogens (tertiary/aromatic N) is 6. The highest BCUT2D eigenvalue weighted by Gasteiger charge is 2.46. The van der Waals surface area contributed by atoms with Crippen molar-refractivity contribution < 1.29 is 33.1 Å². The Bertz CT molecular complexity index is 2410. The second-order valence-corrected chi connectivity index (χ2v) is 15.8. The number of hydrogen-bond donors (Lipinski definition) is 2. The molecule has 2 aromatic heterocycles. The van der Waals surface area contributed by atoms with Crippen molar-refractivity contribution in [2.45, 2.75) is 74.8 Å². The fourth-order valence-corrected chi connectivity index (χ4v) is 8.80. The van der Waals surface area contributed by atoms with Crippen molar-refractivity contribution in [2.75, 3.05) is 24.6 Å². The van der Waals surface area contributed by atoms with Crippen molar-refractivity contribution in [3.8, 4) is 22.8 Å². The number of unbranched alkanes of at least 4 members (excludes halogenated alkanes) is 3. The first-order valence-electron chi connectivity index (χ1n) is 19.4. The number of ether oxygens (including phenoxy) is 1. The first kappa shape index (κ1) is 38.7.